The SMILES string of the molecule is Cc1ccc(N2CC(C(=O)Nc3ccc(F)cc3)CC2=O)c(Br)c1. The van der Waals surface area contributed by atoms with Gasteiger partial charge in [0.15, 0.2) is 0 Å². The Bertz CT molecular complexity index is 792. The fraction of sp³-hybridized carbons (Fsp3) is 0.222. The first-order chi connectivity index (χ1) is 11.4. The fourth-order valence-corrected chi connectivity index (χ4v) is 3.43. The van der Waals surface area contributed by atoms with Crippen molar-refractivity contribution in [1.82, 2.24) is 0 Å². The maximum atomic E-state index is 12.9. The van der Waals surface area contributed by atoms with Crippen LogP contribution in [0.5, 0.6) is 0 Å². The monoisotopic (exact) mass is 390 g/mol. The third-order valence-corrected chi connectivity index (χ3v) is 4.64. The summed E-state index contributed by atoms with van der Waals surface area (Å²) < 4.78 is 13.7. The summed E-state index contributed by atoms with van der Waals surface area (Å²) in [4.78, 5) is 26.3. The minimum atomic E-state index is -0.434. The van der Waals surface area contributed by atoms with E-state index in [0.29, 0.717) is 12.2 Å². The molecular formula is C18H16BrFN2O2. The highest BCUT2D eigenvalue weighted by molar-refractivity contribution is 9.10. The second-order valence-corrected chi connectivity index (χ2v) is 6.71. The molecule has 1 aliphatic rings. The summed E-state index contributed by atoms with van der Waals surface area (Å²) in [6.45, 7) is 2.30. The van der Waals surface area contributed by atoms with E-state index < -0.39 is 5.92 Å². The Kier molecular flexibility index (Phi) is 4.66. The molecule has 1 heterocycles. The van der Waals surface area contributed by atoms with Gasteiger partial charge in [-0.3, -0.25) is 9.59 Å². The van der Waals surface area contributed by atoms with Gasteiger partial charge in [0.25, 0.3) is 0 Å². The van der Waals surface area contributed by atoms with E-state index >= 15 is 0 Å². The maximum absolute atomic E-state index is 12.9. The zero-order valence-electron chi connectivity index (χ0n) is 13.1. The Labute approximate surface area is 147 Å². The van der Waals surface area contributed by atoms with Crippen LogP contribution in [-0.2, 0) is 9.59 Å². The van der Waals surface area contributed by atoms with E-state index in [1.165, 1.54) is 24.3 Å². The predicted octanol–water partition coefficient (Wildman–Crippen LogP) is 3.89. The standard InChI is InChI=1S/C18H16BrFN2O2/c1-11-2-7-16(15(19)8-11)22-10-12(9-17(22)23)18(24)21-14-5-3-13(20)4-6-14/h2-8,12H,9-10H2,1H3,(H,21,24). The molecule has 2 amide bonds. The van der Waals surface area contributed by atoms with Crippen molar-refractivity contribution in [3.05, 3.63) is 58.3 Å². The summed E-state index contributed by atoms with van der Waals surface area (Å²) in [6.07, 6.45) is 0.160. The highest BCUT2D eigenvalue weighted by Crippen LogP contribution is 2.32. The highest BCUT2D eigenvalue weighted by atomic mass is 79.9. The second-order valence-electron chi connectivity index (χ2n) is 5.86. The summed E-state index contributed by atoms with van der Waals surface area (Å²) in [5, 5.41) is 2.73. The van der Waals surface area contributed by atoms with Gasteiger partial charge in [-0.1, -0.05) is 6.07 Å². The third-order valence-electron chi connectivity index (χ3n) is 4.00. The van der Waals surface area contributed by atoms with E-state index in [2.05, 4.69) is 21.2 Å². The van der Waals surface area contributed by atoms with Crippen molar-refractivity contribution in [1.29, 1.82) is 0 Å². The number of rotatable bonds is 3. The lowest BCUT2D eigenvalue weighted by atomic mass is 10.1. The number of hydrogen-bond donors (Lipinski definition) is 1. The average Bonchev–Trinajstić information content (AvgIpc) is 2.91. The molecule has 3 rings (SSSR count). The molecule has 0 aromatic heterocycles. The Balaban J connectivity index is 1.72. The van der Waals surface area contributed by atoms with Gasteiger partial charge in [-0.05, 0) is 64.8 Å². The topological polar surface area (TPSA) is 49.4 Å². The first-order valence-corrected chi connectivity index (χ1v) is 8.36. The number of nitrogens with one attached hydrogen (secondary N) is 1. The number of nitrogens with zero attached hydrogens (tertiary/aromatic N) is 1. The average molecular weight is 391 g/mol. The van der Waals surface area contributed by atoms with E-state index in [4.69, 9.17) is 0 Å². The van der Waals surface area contributed by atoms with E-state index in [1.54, 1.807) is 4.90 Å². The Morgan fingerprint density at radius 1 is 1.25 bits per heavy atom. The van der Waals surface area contributed by atoms with E-state index in [1.807, 2.05) is 25.1 Å². The number of anilines is 2. The van der Waals surface area contributed by atoms with E-state index in [-0.39, 0.29) is 24.1 Å². The minimum Gasteiger partial charge on any atom is -0.326 e. The number of carbonyl (C=O) groups is 2. The first-order valence-electron chi connectivity index (χ1n) is 7.57. The molecule has 0 aliphatic carbocycles. The molecular weight excluding hydrogens is 375 g/mol. The Morgan fingerprint density at radius 2 is 1.96 bits per heavy atom. The van der Waals surface area contributed by atoms with Gasteiger partial charge >= 0.3 is 0 Å². The Morgan fingerprint density at radius 3 is 2.62 bits per heavy atom. The van der Waals surface area contributed by atoms with Crippen LogP contribution < -0.4 is 10.2 Å². The maximum Gasteiger partial charge on any atom is 0.229 e. The second kappa shape index (κ2) is 6.73. The zero-order valence-corrected chi connectivity index (χ0v) is 14.6. The van der Waals surface area contributed by atoms with Crippen LogP contribution in [0.3, 0.4) is 0 Å². The molecule has 6 heteroatoms. The summed E-state index contributed by atoms with van der Waals surface area (Å²) in [5.41, 5.74) is 2.37. The summed E-state index contributed by atoms with van der Waals surface area (Å²) in [7, 11) is 0. The van der Waals surface area contributed by atoms with Gasteiger partial charge in [-0.15, -0.1) is 0 Å². The lowest BCUT2D eigenvalue weighted by molar-refractivity contribution is -0.122. The number of aryl methyl sites for hydroxylation is 1. The molecule has 2 aromatic rings. The molecule has 1 saturated heterocycles. The van der Waals surface area contributed by atoms with Crippen LogP contribution in [0.2, 0.25) is 0 Å². The van der Waals surface area contributed by atoms with Gasteiger partial charge in [0.1, 0.15) is 5.82 Å². The highest BCUT2D eigenvalue weighted by Gasteiger charge is 2.35. The third kappa shape index (κ3) is 3.48. The molecule has 0 bridgehead atoms. The van der Waals surface area contributed by atoms with Gasteiger partial charge in [-0.25, -0.2) is 4.39 Å². The molecule has 124 valence electrons. The zero-order chi connectivity index (χ0) is 17.3. The van der Waals surface area contributed by atoms with Crippen LogP contribution in [0, 0.1) is 18.7 Å². The molecule has 2 aromatic carbocycles. The number of halogens is 2. The van der Waals surface area contributed by atoms with Crippen LogP contribution in [-0.4, -0.2) is 18.4 Å². The van der Waals surface area contributed by atoms with Gasteiger partial charge in [0.2, 0.25) is 11.8 Å². The number of hydrogen-bond acceptors (Lipinski definition) is 2. The number of carbonyl (C=O) groups excluding carboxylic acids is 2. The predicted molar refractivity (Wildman–Crippen MR) is 94.4 cm³/mol. The van der Waals surface area contributed by atoms with Crippen molar-refractivity contribution in [2.24, 2.45) is 5.92 Å². The van der Waals surface area contributed by atoms with Gasteiger partial charge in [-0.2, -0.15) is 0 Å². The first kappa shape index (κ1) is 16.6. The molecule has 24 heavy (non-hydrogen) atoms. The van der Waals surface area contributed by atoms with Crippen molar-refractivity contribution in [2.45, 2.75) is 13.3 Å². The molecule has 1 unspecified atom stereocenters. The van der Waals surface area contributed by atoms with Crippen molar-refractivity contribution < 1.29 is 14.0 Å². The van der Waals surface area contributed by atoms with E-state index in [9.17, 15) is 14.0 Å². The van der Waals surface area contributed by atoms with Crippen molar-refractivity contribution in [3.8, 4) is 0 Å². The van der Waals surface area contributed by atoms with Crippen LogP contribution >= 0.6 is 15.9 Å². The molecule has 1 aliphatic heterocycles. The van der Waals surface area contributed by atoms with E-state index in [0.717, 1.165) is 15.7 Å². The van der Waals surface area contributed by atoms with Crippen molar-refractivity contribution in [3.63, 3.8) is 0 Å². The van der Waals surface area contributed by atoms with Gasteiger partial charge in [0.05, 0.1) is 11.6 Å². The molecule has 0 spiro atoms. The molecule has 0 radical (unpaired) electrons. The van der Waals surface area contributed by atoms with Gasteiger partial charge in [0, 0.05) is 23.1 Å². The molecule has 1 N–H and O–H groups in total. The minimum absolute atomic E-state index is 0.0844. The van der Waals surface area contributed by atoms with Crippen LogP contribution in [0.4, 0.5) is 15.8 Å². The number of benzene rings is 2. The smallest absolute Gasteiger partial charge is 0.229 e. The van der Waals surface area contributed by atoms with Crippen molar-refractivity contribution in [2.75, 3.05) is 16.8 Å². The summed E-state index contributed by atoms with van der Waals surface area (Å²) >= 11 is 3.47. The summed E-state index contributed by atoms with van der Waals surface area (Å²) in [5.74, 6) is -1.12. The largest absolute Gasteiger partial charge is 0.326 e. The molecule has 1 atom stereocenters. The number of amides is 2. The van der Waals surface area contributed by atoms with Gasteiger partial charge < -0.3 is 10.2 Å². The molecule has 4 nitrogen and oxygen atoms in total. The molecule has 1 fully saturated rings. The van der Waals surface area contributed by atoms with Crippen LogP contribution in [0.1, 0.15) is 12.0 Å². The Hall–Kier alpha value is -2.21. The lowest BCUT2D eigenvalue weighted by Crippen LogP contribution is -2.28. The summed E-state index contributed by atoms with van der Waals surface area (Å²) in [6, 6.07) is 11.3. The van der Waals surface area contributed by atoms with Crippen LogP contribution in [0.25, 0.3) is 0 Å². The van der Waals surface area contributed by atoms with Crippen LogP contribution in [0.15, 0.2) is 46.9 Å². The molecule has 0 saturated carbocycles. The van der Waals surface area contributed by atoms with Crippen molar-refractivity contribution >= 4 is 39.1 Å². The lowest BCUT2D eigenvalue weighted by Gasteiger charge is -2.18. The normalized spacial score (nSPS) is 17.2. The quantitative estimate of drug-likeness (QED) is 0.863. The fourth-order valence-electron chi connectivity index (χ4n) is 2.72.